The van der Waals surface area contributed by atoms with E-state index in [2.05, 4.69) is 154 Å². The summed E-state index contributed by atoms with van der Waals surface area (Å²) >= 11 is 0. The van der Waals surface area contributed by atoms with Crippen LogP contribution in [0.15, 0.2) is 130 Å². The Labute approximate surface area is 252 Å². The molecule has 1 heteroatoms. The average Bonchev–Trinajstić information content (AvgIpc) is 2.84. The molecule has 0 radical (unpaired) electrons. The number of aliphatic hydroxyl groups is 1. The molecule has 0 saturated carbocycles. The van der Waals surface area contributed by atoms with Gasteiger partial charge in [0.25, 0.3) is 0 Å². The van der Waals surface area contributed by atoms with Crippen molar-refractivity contribution in [2.45, 2.75) is 101 Å². The monoisotopic (exact) mass is 552 g/mol. The maximum atomic E-state index is 10.1. The number of hydrogen-bond donors (Lipinski definition) is 1. The van der Waals surface area contributed by atoms with Gasteiger partial charge < -0.3 is 5.11 Å². The number of rotatable bonds is 10. The van der Waals surface area contributed by atoms with Crippen LogP contribution in [0.1, 0.15) is 94.9 Å². The van der Waals surface area contributed by atoms with Crippen LogP contribution in [0.4, 0.5) is 0 Å². The minimum absolute atomic E-state index is 0.0649. The molecule has 0 fully saturated rings. The van der Waals surface area contributed by atoms with Crippen molar-refractivity contribution in [1.29, 1.82) is 0 Å². The van der Waals surface area contributed by atoms with Crippen LogP contribution in [0.25, 0.3) is 0 Å². The van der Waals surface area contributed by atoms with Crippen LogP contribution < -0.4 is 0 Å². The molecule has 0 saturated heterocycles. The second kappa shape index (κ2) is 15.9. The van der Waals surface area contributed by atoms with Crippen LogP contribution in [0.5, 0.6) is 0 Å². The van der Waals surface area contributed by atoms with Crippen LogP contribution in [0, 0.1) is 16.7 Å². The smallest absolute Gasteiger partial charge is 0.0729 e. The summed E-state index contributed by atoms with van der Waals surface area (Å²) in [5, 5.41) is 10.1. The van der Waals surface area contributed by atoms with Crippen molar-refractivity contribution in [2.24, 2.45) is 16.7 Å². The highest BCUT2D eigenvalue weighted by Crippen LogP contribution is 2.42. The Morgan fingerprint density at radius 1 is 0.756 bits per heavy atom. The zero-order valence-corrected chi connectivity index (χ0v) is 27.6. The first-order valence-electron chi connectivity index (χ1n) is 15.4. The molecular formula is C40H56O. The summed E-state index contributed by atoms with van der Waals surface area (Å²) in [4.78, 5) is 0. The fraction of sp³-hybridized carbons (Fsp3) is 0.450. The van der Waals surface area contributed by atoms with Gasteiger partial charge >= 0.3 is 0 Å². The molecule has 0 aromatic rings. The van der Waals surface area contributed by atoms with E-state index in [1.165, 1.54) is 52.7 Å². The third-order valence-electron chi connectivity index (χ3n) is 8.40. The molecule has 222 valence electrons. The Hall–Kier alpha value is -2.90. The van der Waals surface area contributed by atoms with Gasteiger partial charge in [-0.25, -0.2) is 0 Å². The highest BCUT2D eigenvalue weighted by molar-refractivity contribution is 5.37. The lowest BCUT2D eigenvalue weighted by Gasteiger charge is -2.38. The first kappa shape index (κ1) is 34.3. The van der Waals surface area contributed by atoms with E-state index in [1.54, 1.807) is 5.57 Å². The topological polar surface area (TPSA) is 20.2 Å². The maximum absolute atomic E-state index is 10.1. The zero-order valence-electron chi connectivity index (χ0n) is 27.6. The van der Waals surface area contributed by atoms with E-state index >= 15 is 0 Å². The van der Waals surface area contributed by atoms with E-state index in [9.17, 15) is 5.11 Å². The van der Waals surface area contributed by atoms with Crippen LogP contribution in [0.3, 0.4) is 0 Å². The van der Waals surface area contributed by atoms with Crippen molar-refractivity contribution in [2.75, 3.05) is 0 Å². The Balaban J connectivity index is 1.89. The van der Waals surface area contributed by atoms with Crippen molar-refractivity contribution in [3.63, 3.8) is 0 Å². The maximum Gasteiger partial charge on any atom is 0.0729 e. The molecular weight excluding hydrogens is 496 g/mol. The summed E-state index contributed by atoms with van der Waals surface area (Å²) in [6.45, 7) is 22.2. The SMILES string of the molecule is CC1=C[C@H](O)CC(C)(C)C1/C=C/C(C)=C/C=C/C(C)=C/C=C/C=C(C)/C=C/C=C(C)/C=C/C1=C(C)CCCC1(C)C. The van der Waals surface area contributed by atoms with E-state index < -0.39 is 0 Å². The van der Waals surface area contributed by atoms with Gasteiger partial charge in [0, 0.05) is 5.92 Å². The van der Waals surface area contributed by atoms with Crippen molar-refractivity contribution in [1.82, 2.24) is 0 Å². The lowest BCUT2D eigenvalue weighted by atomic mass is 9.67. The van der Waals surface area contributed by atoms with Crippen molar-refractivity contribution >= 4 is 0 Å². The molecule has 0 aliphatic heterocycles. The summed E-state index contributed by atoms with van der Waals surface area (Å²) in [6.07, 6.45) is 36.7. The molecule has 2 atom stereocenters. The molecule has 0 aromatic heterocycles. The summed E-state index contributed by atoms with van der Waals surface area (Å²) in [5.41, 5.74) is 9.56. The summed E-state index contributed by atoms with van der Waals surface area (Å²) in [7, 11) is 0. The fourth-order valence-electron chi connectivity index (χ4n) is 5.97. The van der Waals surface area contributed by atoms with Crippen LogP contribution >= 0.6 is 0 Å². The Morgan fingerprint density at radius 2 is 1.27 bits per heavy atom. The molecule has 0 bridgehead atoms. The Morgan fingerprint density at radius 3 is 1.80 bits per heavy atom. The molecule has 0 aromatic carbocycles. The van der Waals surface area contributed by atoms with E-state index in [-0.39, 0.29) is 16.9 Å². The largest absolute Gasteiger partial charge is 0.389 e. The van der Waals surface area contributed by atoms with Crippen LogP contribution in [-0.4, -0.2) is 11.2 Å². The van der Waals surface area contributed by atoms with Gasteiger partial charge in [-0.15, -0.1) is 0 Å². The first-order valence-corrected chi connectivity index (χ1v) is 15.4. The van der Waals surface area contributed by atoms with E-state index in [1.807, 2.05) is 6.08 Å². The summed E-state index contributed by atoms with van der Waals surface area (Å²) in [6, 6.07) is 0. The van der Waals surface area contributed by atoms with Gasteiger partial charge in [-0.3, -0.25) is 0 Å². The molecule has 2 rings (SSSR count). The van der Waals surface area contributed by atoms with E-state index in [0.717, 1.165) is 6.42 Å². The van der Waals surface area contributed by atoms with Gasteiger partial charge in [-0.1, -0.05) is 152 Å². The quantitative estimate of drug-likeness (QED) is 0.211. The Kier molecular flexibility index (Phi) is 13.3. The highest BCUT2D eigenvalue weighted by Gasteiger charge is 2.34. The Bertz CT molecular complexity index is 1240. The highest BCUT2D eigenvalue weighted by atomic mass is 16.3. The van der Waals surface area contributed by atoms with Crippen LogP contribution in [-0.2, 0) is 0 Å². The lowest BCUT2D eigenvalue weighted by Crippen LogP contribution is -2.32. The second-order valence-corrected chi connectivity index (χ2v) is 13.5. The molecule has 0 amide bonds. The minimum Gasteiger partial charge on any atom is -0.389 e. The van der Waals surface area contributed by atoms with E-state index in [0.29, 0.717) is 5.92 Å². The standard InChI is InChI=1S/C40H56O/c1-30(18-13-20-32(3)23-25-37-34(5)22-15-27-39(37,7)8)16-11-12-17-31(2)19-14-21-33(4)24-26-38-35(6)28-36(41)29-40(38,9)10/h11-14,16-21,23-26,28,36,38,41H,15,22,27,29H2,1-10H3/b12-11+,18-13+,19-14+,25-23+,26-24+,30-16+,31-17+,32-20+,33-21+/t36-,38?/m0/s1. The molecule has 2 aliphatic rings. The first-order chi connectivity index (χ1) is 19.2. The summed E-state index contributed by atoms with van der Waals surface area (Å²) in [5.74, 6) is 0.356. The predicted molar refractivity (Wildman–Crippen MR) is 183 cm³/mol. The van der Waals surface area contributed by atoms with Crippen molar-refractivity contribution in [3.8, 4) is 0 Å². The van der Waals surface area contributed by atoms with Gasteiger partial charge in [0.1, 0.15) is 0 Å². The number of allylic oxidation sites excluding steroid dienone is 21. The molecule has 2 aliphatic carbocycles. The number of hydrogen-bond acceptors (Lipinski definition) is 1. The van der Waals surface area contributed by atoms with Crippen LogP contribution in [0.2, 0.25) is 0 Å². The van der Waals surface area contributed by atoms with E-state index in [4.69, 9.17) is 0 Å². The third-order valence-corrected chi connectivity index (χ3v) is 8.40. The van der Waals surface area contributed by atoms with Gasteiger partial charge in [-0.2, -0.15) is 0 Å². The van der Waals surface area contributed by atoms with Gasteiger partial charge in [0.15, 0.2) is 0 Å². The molecule has 0 spiro atoms. The normalized spacial score (nSPS) is 25.1. The minimum atomic E-state index is -0.325. The molecule has 0 heterocycles. The van der Waals surface area contributed by atoms with Gasteiger partial charge in [0.05, 0.1) is 6.10 Å². The van der Waals surface area contributed by atoms with Gasteiger partial charge in [0.2, 0.25) is 0 Å². The number of aliphatic hydroxyl groups excluding tert-OH is 1. The molecule has 41 heavy (non-hydrogen) atoms. The zero-order chi connectivity index (χ0) is 30.6. The second-order valence-electron chi connectivity index (χ2n) is 13.5. The van der Waals surface area contributed by atoms with Crippen molar-refractivity contribution in [3.05, 3.63) is 130 Å². The predicted octanol–water partition coefficient (Wildman–Crippen LogP) is 11.4. The third kappa shape index (κ3) is 11.9. The lowest BCUT2D eigenvalue weighted by molar-refractivity contribution is 0.117. The molecule has 1 nitrogen and oxygen atoms in total. The molecule has 1 unspecified atom stereocenters. The van der Waals surface area contributed by atoms with Crippen molar-refractivity contribution < 1.29 is 5.11 Å². The fourth-order valence-corrected chi connectivity index (χ4v) is 5.97. The molecule has 1 N–H and O–H groups in total. The average molecular weight is 553 g/mol. The summed E-state index contributed by atoms with van der Waals surface area (Å²) < 4.78 is 0. The van der Waals surface area contributed by atoms with Gasteiger partial charge in [-0.05, 0) is 83.6 Å².